The number of carbonyl (C=O) groups is 1. The first-order chi connectivity index (χ1) is 9.99. The molecule has 0 saturated carbocycles. The molecular weight excluding hydrogens is 287 g/mol. The average Bonchev–Trinajstić information content (AvgIpc) is 2.44. The van der Waals surface area contributed by atoms with Crippen LogP contribution in [0.4, 0.5) is 10.1 Å². The highest BCUT2D eigenvalue weighted by molar-refractivity contribution is 7.80. The highest BCUT2D eigenvalue weighted by Crippen LogP contribution is 2.21. The number of rotatable bonds is 4. The first-order valence-electron chi connectivity index (χ1n) is 6.40. The molecule has 1 unspecified atom stereocenters. The van der Waals surface area contributed by atoms with E-state index >= 15 is 0 Å². The summed E-state index contributed by atoms with van der Waals surface area (Å²) >= 11 is 4.99. The predicted octanol–water partition coefficient (Wildman–Crippen LogP) is 3.14. The van der Waals surface area contributed by atoms with Gasteiger partial charge in [0.15, 0.2) is 0 Å². The maximum absolute atomic E-state index is 13.3. The molecule has 0 radical (unpaired) electrons. The van der Waals surface area contributed by atoms with E-state index in [4.69, 9.17) is 18.0 Å². The third kappa shape index (κ3) is 3.64. The van der Waals surface area contributed by atoms with Gasteiger partial charge in [0.25, 0.3) is 0 Å². The molecule has 3 N–H and O–H groups in total. The minimum absolute atomic E-state index is 0.0766. The second-order valence-electron chi connectivity index (χ2n) is 4.69. The third-order valence-corrected chi connectivity index (χ3v) is 3.37. The maximum atomic E-state index is 13.3. The predicted molar refractivity (Wildman–Crippen MR) is 85.7 cm³/mol. The first-order valence-corrected chi connectivity index (χ1v) is 6.81. The van der Waals surface area contributed by atoms with E-state index in [1.54, 1.807) is 37.3 Å². The first kappa shape index (κ1) is 15.1. The third-order valence-electron chi connectivity index (χ3n) is 3.14. The average molecular weight is 302 g/mol. The molecule has 21 heavy (non-hydrogen) atoms. The Labute approximate surface area is 128 Å². The lowest BCUT2D eigenvalue weighted by Crippen LogP contribution is -2.31. The molecule has 0 aliphatic heterocycles. The van der Waals surface area contributed by atoms with Gasteiger partial charge in [-0.2, -0.15) is 0 Å². The lowest BCUT2D eigenvalue weighted by atomic mass is 9.98. The molecule has 1 amide bonds. The number of hydrogen-bond donors (Lipinski definition) is 2. The number of amides is 1. The van der Waals surface area contributed by atoms with E-state index in [9.17, 15) is 9.18 Å². The van der Waals surface area contributed by atoms with Crippen molar-refractivity contribution >= 4 is 28.8 Å². The van der Waals surface area contributed by atoms with Crippen molar-refractivity contribution in [3.05, 3.63) is 65.5 Å². The van der Waals surface area contributed by atoms with E-state index in [1.165, 1.54) is 12.1 Å². The normalized spacial score (nSPS) is 11.7. The van der Waals surface area contributed by atoms with Gasteiger partial charge in [0, 0.05) is 5.69 Å². The van der Waals surface area contributed by atoms with Gasteiger partial charge in [-0.3, -0.25) is 4.79 Å². The smallest absolute Gasteiger partial charge is 0.238 e. The molecule has 2 rings (SSSR count). The zero-order chi connectivity index (χ0) is 15.4. The minimum atomic E-state index is -0.746. The highest BCUT2D eigenvalue weighted by atomic mass is 32.1. The van der Waals surface area contributed by atoms with Gasteiger partial charge in [-0.05, 0) is 30.2 Å². The lowest BCUT2D eigenvalue weighted by molar-refractivity contribution is -0.116. The fraction of sp³-hybridized carbons (Fsp3) is 0.125. The van der Waals surface area contributed by atoms with E-state index in [0.717, 1.165) is 5.56 Å². The number of hydrogen-bond acceptors (Lipinski definition) is 2. The molecule has 0 bridgehead atoms. The van der Waals surface area contributed by atoms with Gasteiger partial charge in [0.2, 0.25) is 5.91 Å². The van der Waals surface area contributed by atoms with Crippen LogP contribution >= 0.6 is 12.2 Å². The van der Waals surface area contributed by atoms with Crippen molar-refractivity contribution in [1.29, 1.82) is 0 Å². The van der Waals surface area contributed by atoms with Crippen LogP contribution in [0.5, 0.6) is 0 Å². The summed E-state index contributed by atoms with van der Waals surface area (Å²) in [5, 5.41) is 2.68. The van der Waals surface area contributed by atoms with E-state index in [1.807, 2.05) is 6.07 Å². The second-order valence-corrected chi connectivity index (χ2v) is 5.17. The fourth-order valence-electron chi connectivity index (χ4n) is 2.02. The molecule has 2 aromatic rings. The molecule has 3 nitrogen and oxygen atoms in total. The van der Waals surface area contributed by atoms with Crippen LogP contribution in [0.2, 0.25) is 0 Å². The molecule has 5 heteroatoms. The van der Waals surface area contributed by atoms with E-state index in [2.05, 4.69) is 5.32 Å². The summed E-state index contributed by atoms with van der Waals surface area (Å²) in [5.41, 5.74) is 7.57. The molecule has 0 fully saturated rings. The Bertz CT molecular complexity index is 673. The number of carbonyl (C=O) groups excluding carboxylic acids is 1. The zero-order valence-corrected chi connectivity index (χ0v) is 12.3. The lowest BCUT2D eigenvalue weighted by Gasteiger charge is -2.17. The van der Waals surface area contributed by atoms with Crippen LogP contribution in [0.1, 0.15) is 17.0 Å². The molecule has 0 aromatic heterocycles. The number of benzene rings is 2. The Hall–Kier alpha value is -2.27. The van der Waals surface area contributed by atoms with Gasteiger partial charge >= 0.3 is 0 Å². The standard InChI is InChI=1S/C16H15FN2OS/c1-10-7-8-12(17)9-13(10)19-16(20)14(15(18)21)11-5-3-2-4-6-11/h2-9,14H,1H3,(H2,18,21)(H,19,20). The van der Waals surface area contributed by atoms with Crippen molar-refractivity contribution in [1.82, 2.24) is 0 Å². The van der Waals surface area contributed by atoms with Crippen molar-refractivity contribution in [2.45, 2.75) is 12.8 Å². The number of nitrogens with two attached hydrogens (primary N) is 1. The Kier molecular flexibility index (Phi) is 4.65. The highest BCUT2D eigenvalue weighted by Gasteiger charge is 2.23. The zero-order valence-electron chi connectivity index (χ0n) is 11.5. The molecule has 2 aromatic carbocycles. The van der Waals surface area contributed by atoms with Crippen LogP contribution < -0.4 is 11.1 Å². The van der Waals surface area contributed by atoms with Crippen LogP contribution in [-0.4, -0.2) is 10.9 Å². The Morgan fingerprint density at radius 3 is 2.52 bits per heavy atom. The fourth-order valence-corrected chi connectivity index (χ4v) is 2.27. The number of halogens is 1. The van der Waals surface area contributed by atoms with Crippen LogP contribution in [0, 0.1) is 12.7 Å². The monoisotopic (exact) mass is 302 g/mol. The summed E-state index contributed by atoms with van der Waals surface area (Å²) in [7, 11) is 0. The minimum Gasteiger partial charge on any atom is -0.392 e. The molecule has 0 heterocycles. The molecule has 1 atom stereocenters. The largest absolute Gasteiger partial charge is 0.392 e. The van der Waals surface area contributed by atoms with Gasteiger partial charge in [-0.25, -0.2) is 4.39 Å². The van der Waals surface area contributed by atoms with Gasteiger partial charge < -0.3 is 11.1 Å². The van der Waals surface area contributed by atoms with Crippen molar-refractivity contribution < 1.29 is 9.18 Å². The van der Waals surface area contributed by atoms with E-state index in [-0.39, 0.29) is 10.9 Å². The maximum Gasteiger partial charge on any atom is 0.238 e. The van der Waals surface area contributed by atoms with Crippen LogP contribution in [0.15, 0.2) is 48.5 Å². The number of aryl methyl sites for hydroxylation is 1. The summed E-state index contributed by atoms with van der Waals surface area (Å²) in [6.45, 7) is 1.79. The summed E-state index contributed by atoms with van der Waals surface area (Å²) < 4.78 is 13.3. The number of anilines is 1. The van der Waals surface area contributed by atoms with Gasteiger partial charge in [-0.15, -0.1) is 0 Å². The number of nitrogens with one attached hydrogen (secondary N) is 1. The molecule has 108 valence electrons. The molecule has 0 saturated heterocycles. The van der Waals surface area contributed by atoms with E-state index in [0.29, 0.717) is 11.3 Å². The quantitative estimate of drug-likeness (QED) is 0.853. The Morgan fingerprint density at radius 1 is 1.24 bits per heavy atom. The summed E-state index contributed by atoms with van der Waals surface area (Å²) in [4.78, 5) is 12.5. The molecule has 0 aliphatic rings. The van der Waals surface area contributed by atoms with Crippen LogP contribution in [0.25, 0.3) is 0 Å². The van der Waals surface area contributed by atoms with Crippen LogP contribution in [-0.2, 0) is 4.79 Å². The summed E-state index contributed by atoms with van der Waals surface area (Å²) in [6, 6.07) is 13.2. The number of thiocarbonyl (C=S) groups is 1. The van der Waals surface area contributed by atoms with E-state index < -0.39 is 11.7 Å². The van der Waals surface area contributed by atoms with Gasteiger partial charge in [0.1, 0.15) is 11.7 Å². The molecule has 0 aliphatic carbocycles. The Balaban J connectivity index is 2.28. The molecular formula is C16H15FN2OS. The SMILES string of the molecule is Cc1ccc(F)cc1NC(=O)C(C(N)=S)c1ccccc1. The second kappa shape index (κ2) is 6.45. The Morgan fingerprint density at radius 2 is 1.90 bits per heavy atom. The topological polar surface area (TPSA) is 55.1 Å². The van der Waals surface area contributed by atoms with Crippen molar-refractivity contribution in [3.8, 4) is 0 Å². The summed E-state index contributed by atoms with van der Waals surface area (Å²) in [6.07, 6.45) is 0. The van der Waals surface area contributed by atoms with Crippen molar-refractivity contribution in [2.75, 3.05) is 5.32 Å². The summed E-state index contributed by atoms with van der Waals surface area (Å²) in [5.74, 6) is -1.53. The van der Waals surface area contributed by atoms with Crippen LogP contribution in [0.3, 0.4) is 0 Å². The molecule has 0 spiro atoms. The van der Waals surface area contributed by atoms with Gasteiger partial charge in [0.05, 0.1) is 4.99 Å². The van der Waals surface area contributed by atoms with Gasteiger partial charge in [-0.1, -0.05) is 48.6 Å². The van der Waals surface area contributed by atoms with Crippen molar-refractivity contribution in [2.24, 2.45) is 5.73 Å². The van der Waals surface area contributed by atoms with Crippen molar-refractivity contribution in [3.63, 3.8) is 0 Å².